The molecule has 2 atom stereocenters. The summed E-state index contributed by atoms with van der Waals surface area (Å²) in [7, 11) is 0. The molecule has 1 fully saturated rings. The van der Waals surface area contributed by atoms with Crippen molar-refractivity contribution < 1.29 is 23.8 Å². The third-order valence-electron chi connectivity index (χ3n) is 6.77. The number of carbonyl (C=O) groups excluding carboxylic acids is 2. The van der Waals surface area contributed by atoms with Crippen LogP contribution in [0.15, 0.2) is 36.4 Å². The molecule has 0 radical (unpaired) electrons. The third-order valence-corrected chi connectivity index (χ3v) is 6.77. The number of hydrogen-bond donors (Lipinski definition) is 0. The molecule has 0 saturated carbocycles. The van der Waals surface area contributed by atoms with Gasteiger partial charge in [0.25, 0.3) is 5.91 Å². The van der Waals surface area contributed by atoms with Crippen molar-refractivity contribution in [2.45, 2.75) is 32.2 Å². The van der Waals surface area contributed by atoms with E-state index in [9.17, 15) is 9.59 Å². The van der Waals surface area contributed by atoms with Gasteiger partial charge in [0.15, 0.2) is 11.5 Å². The van der Waals surface area contributed by atoms with Gasteiger partial charge in [-0.2, -0.15) is 0 Å². The van der Waals surface area contributed by atoms with E-state index >= 15 is 0 Å². The molecule has 3 heterocycles. The summed E-state index contributed by atoms with van der Waals surface area (Å²) in [6.07, 6.45) is 0.713. The van der Waals surface area contributed by atoms with E-state index in [4.69, 9.17) is 14.2 Å². The van der Waals surface area contributed by atoms with Crippen molar-refractivity contribution in [2.24, 2.45) is 0 Å². The van der Waals surface area contributed by atoms with Crippen LogP contribution in [0.5, 0.6) is 11.5 Å². The molecule has 3 aliphatic rings. The minimum atomic E-state index is -0.469. The standard InChI is InChI=1S/C26H30N2O5/c1-3-32-21-15-17-9-10-28-24(20(17)16-22(21)33-4-2)23(26(30)27-11-13-31-14-12-27)18-7-5-6-8-19(18)25(28)29/h5-8,15-16,23-24H,3-4,9-14H2,1-2H3/t23-,24+/m0/s1. The highest BCUT2D eigenvalue weighted by Crippen LogP contribution is 2.49. The molecule has 0 unspecified atom stereocenters. The first kappa shape index (κ1) is 21.8. The van der Waals surface area contributed by atoms with E-state index in [0.29, 0.717) is 69.5 Å². The molecule has 174 valence electrons. The summed E-state index contributed by atoms with van der Waals surface area (Å²) in [5.41, 5.74) is 3.51. The van der Waals surface area contributed by atoms with Crippen molar-refractivity contribution >= 4 is 11.8 Å². The summed E-state index contributed by atoms with van der Waals surface area (Å²) in [4.78, 5) is 31.2. The highest BCUT2D eigenvalue weighted by molar-refractivity contribution is 6.01. The number of amides is 2. The van der Waals surface area contributed by atoms with Gasteiger partial charge < -0.3 is 24.0 Å². The zero-order valence-corrected chi connectivity index (χ0v) is 19.2. The molecular formula is C26H30N2O5. The van der Waals surface area contributed by atoms with Crippen LogP contribution in [0.25, 0.3) is 0 Å². The van der Waals surface area contributed by atoms with E-state index in [1.807, 2.05) is 60.0 Å². The van der Waals surface area contributed by atoms with Crippen LogP contribution in [0.1, 0.15) is 52.9 Å². The first-order chi connectivity index (χ1) is 16.1. The Hall–Kier alpha value is -3.06. The molecule has 1 saturated heterocycles. The second-order valence-electron chi connectivity index (χ2n) is 8.56. The van der Waals surface area contributed by atoms with Crippen LogP contribution < -0.4 is 9.47 Å². The highest BCUT2D eigenvalue weighted by Gasteiger charge is 2.47. The van der Waals surface area contributed by atoms with Gasteiger partial charge in [0.2, 0.25) is 5.91 Å². The normalized spacial score (nSPS) is 21.7. The monoisotopic (exact) mass is 450 g/mol. The Balaban J connectivity index is 1.65. The fraction of sp³-hybridized carbons (Fsp3) is 0.462. The second kappa shape index (κ2) is 9.06. The quantitative estimate of drug-likeness (QED) is 0.700. The molecule has 5 rings (SSSR count). The number of rotatable bonds is 5. The fourth-order valence-electron chi connectivity index (χ4n) is 5.32. The van der Waals surface area contributed by atoms with Crippen LogP contribution in [0.2, 0.25) is 0 Å². The van der Waals surface area contributed by atoms with Crippen molar-refractivity contribution in [3.8, 4) is 11.5 Å². The highest BCUT2D eigenvalue weighted by atomic mass is 16.5. The molecule has 3 aliphatic heterocycles. The molecule has 7 nitrogen and oxygen atoms in total. The number of benzene rings is 2. The number of morpholine rings is 1. The van der Waals surface area contributed by atoms with E-state index in [1.54, 1.807) is 0 Å². The van der Waals surface area contributed by atoms with Gasteiger partial charge in [-0.25, -0.2) is 0 Å². The van der Waals surface area contributed by atoms with E-state index in [0.717, 1.165) is 16.7 Å². The van der Waals surface area contributed by atoms with Gasteiger partial charge in [0.1, 0.15) is 0 Å². The molecule has 33 heavy (non-hydrogen) atoms. The van der Waals surface area contributed by atoms with Gasteiger partial charge in [-0.05, 0) is 55.2 Å². The largest absolute Gasteiger partial charge is 0.490 e. The van der Waals surface area contributed by atoms with Gasteiger partial charge in [-0.3, -0.25) is 9.59 Å². The number of nitrogens with zero attached hydrogens (tertiary/aromatic N) is 2. The predicted molar refractivity (Wildman–Crippen MR) is 123 cm³/mol. The molecule has 0 spiro atoms. The summed E-state index contributed by atoms with van der Waals surface area (Å²) in [6, 6.07) is 11.2. The molecule has 2 aromatic rings. The van der Waals surface area contributed by atoms with Gasteiger partial charge in [0.05, 0.1) is 38.4 Å². The van der Waals surface area contributed by atoms with Crippen LogP contribution in [0, 0.1) is 0 Å². The van der Waals surface area contributed by atoms with Gasteiger partial charge >= 0.3 is 0 Å². The topological polar surface area (TPSA) is 68.3 Å². The van der Waals surface area contributed by atoms with Gasteiger partial charge in [-0.15, -0.1) is 0 Å². The maximum atomic E-state index is 13.9. The number of carbonyl (C=O) groups is 2. The Morgan fingerprint density at radius 3 is 2.42 bits per heavy atom. The lowest BCUT2D eigenvalue weighted by atomic mass is 9.75. The molecule has 0 aromatic heterocycles. The lowest BCUT2D eigenvalue weighted by Crippen LogP contribution is -2.52. The second-order valence-corrected chi connectivity index (χ2v) is 8.56. The van der Waals surface area contributed by atoms with E-state index < -0.39 is 5.92 Å². The lowest BCUT2D eigenvalue weighted by Gasteiger charge is -2.46. The first-order valence-corrected chi connectivity index (χ1v) is 11.8. The predicted octanol–water partition coefficient (Wildman–Crippen LogP) is 3.18. The number of hydrogen-bond acceptors (Lipinski definition) is 5. The Kier molecular flexibility index (Phi) is 5.98. The Morgan fingerprint density at radius 2 is 1.70 bits per heavy atom. The molecule has 0 aliphatic carbocycles. The van der Waals surface area contributed by atoms with Gasteiger partial charge in [0, 0.05) is 25.2 Å². The van der Waals surface area contributed by atoms with Crippen LogP contribution in [0.4, 0.5) is 0 Å². The Labute approximate surface area is 194 Å². The Morgan fingerprint density at radius 1 is 1.00 bits per heavy atom. The van der Waals surface area contributed by atoms with E-state index in [1.165, 1.54) is 0 Å². The van der Waals surface area contributed by atoms with Gasteiger partial charge in [-0.1, -0.05) is 18.2 Å². The molecular weight excluding hydrogens is 420 g/mol. The van der Waals surface area contributed by atoms with Crippen LogP contribution >= 0.6 is 0 Å². The minimum Gasteiger partial charge on any atom is -0.490 e. The van der Waals surface area contributed by atoms with Crippen LogP contribution in [-0.2, 0) is 16.0 Å². The summed E-state index contributed by atoms with van der Waals surface area (Å²) in [5, 5.41) is 0. The van der Waals surface area contributed by atoms with E-state index in [-0.39, 0.29) is 17.9 Å². The SMILES string of the molecule is CCOc1cc2c(cc1OCC)[C@@H]1[C@@H](C(=O)N3CCOCC3)c3ccccc3C(=O)N1CC2. The van der Waals surface area contributed by atoms with Crippen molar-refractivity contribution in [3.05, 3.63) is 58.7 Å². The molecule has 2 aromatic carbocycles. The average molecular weight is 451 g/mol. The van der Waals surface area contributed by atoms with Crippen LogP contribution in [0.3, 0.4) is 0 Å². The third kappa shape index (κ3) is 3.74. The minimum absolute atomic E-state index is 0.0147. The average Bonchev–Trinajstić information content (AvgIpc) is 2.85. The molecule has 0 N–H and O–H groups in total. The maximum Gasteiger partial charge on any atom is 0.254 e. The number of ether oxygens (including phenoxy) is 3. The zero-order chi connectivity index (χ0) is 22.9. The van der Waals surface area contributed by atoms with Crippen molar-refractivity contribution in [2.75, 3.05) is 46.1 Å². The molecule has 2 amide bonds. The van der Waals surface area contributed by atoms with Crippen LogP contribution in [-0.4, -0.2) is 67.7 Å². The summed E-state index contributed by atoms with van der Waals surface area (Å²) in [6.45, 7) is 7.71. The summed E-state index contributed by atoms with van der Waals surface area (Å²) < 4.78 is 17.2. The fourth-order valence-corrected chi connectivity index (χ4v) is 5.32. The van der Waals surface area contributed by atoms with Crippen molar-refractivity contribution in [1.82, 2.24) is 9.80 Å². The van der Waals surface area contributed by atoms with E-state index in [2.05, 4.69) is 0 Å². The maximum absolute atomic E-state index is 13.9. The molecule has 7 heteroatoms. The van der Waals surface area contributed by atoms with Crippen molar-refractivity contribution in [1.29, 1.82) is 0 Å². The zero-order valence-electron chi connectivity index (χ0n) is 19.2. The first-order valence-electron chi connectivity index (χ1n) is 11.8. The van der Waals surface area contributed by atoms with Crippen molar-refractivity contribution in [3.63, 3.8) is 0 Å². The number of fused-ring (bicyclic) bond motifs is 4. The molecule has 0 bridgehead atoms. The smallest absolute Gasteiger partial charge is 0.254 e. The summed E-state index contributed by atoms with van der Waals surface area (Å²) >= 11 is 0. The summed E-state index contributed by atoms with van der Waals surface area (Å²) in [5.74, 6) is 0.935. The Bertz CT molecular complexity index is 1060. The lowest BCUT2D eigenvalue weighted by molar-refractivity contribution is -0.138.